The van der Waals surface area contributed by atoms with Gasteiger partial charge in [-0.05, 0) is 26.2 Å². The van der Waals surface area contributed by atoms with Crippen LogP contribution in [0.5, 0.6) is 0 Å². The van der Waals surface area contributed by atoms with E-state index in [4.69, 9.17) is 4.74 Å². The molecule has 0 unspecified atom stereocenters. The summed E-state index contributed by atoms with van der Waals surface area (Å²) in [5.74, 6) is -0.222. The van der Waals surface area contributed by atoms with Gasteiger partial charge in [0.25, 0.3) is 0 Å². The molecule has 0 fully saturated rings. The van der Waals surface area contributed by atoms with Crippen LogP contribution in [-0.4, -0.2) is 12.6 Å². The van der Waals surface area contributed by atoms with Crippen molar-refractivity contribution < 1.29 is 9.53 Å². The fourth-order valence-corrected chi connectivity index (χ4v) is 1.23. The van der Waals surface area contributed by atoms with Crippen LogP contribution in [0.3, 0.4) is 0 Å². The van der Waals surface area contributed by atoms with E-state index in [-0.39, 0.29) is 5.97 Å². The van der Waals surface area contributed by atoms with Gasteiger partial charge < -0.3 is 4.74 Å². The van der Waals surface area contributed by atoms with Crippen molar-refractivity contribution in [2.24, 2.45) is 0 Å². The van der Waals surface area contributed by atoms with E-state index in [0.29, 0.717) is 6.61 Å². The summed E-state index contributed by atoms with van der Waals surface area (Å²) in [7, 11) is 0. The summed E-state index contributed by atoms with van der Waals surface area (Å²) < 4.78 is 4.86. The largest absolute Gasteiger partial charge is 0.463 e. The molecule has 0 N–H and O–H groups in total. The van der Waals surface area contributed by atoms with E-state index in [1.165, 1.54) is 0 Å². The van der Waals surface area contributed by atoms with Crippen molar-refractivity contribution in [3.05, 3.63) is 24.3 Å². The average Bonchev–Trinajstić information content (AvgIpc) is 2.15. The SMILES string of the molecule is C=CCC/C(=C/C(=O)OCC)CCC. The maximum atomic E-state index is 11.2. The van der Waals surface area contributed by atoms with Gasteiger partial charge >= 0.3 is 5.97 Å². The third-order valence-corrected chi connectivity index (χ3v) is 1.85. The lowest BCUT2D eigenvalue weighted by molar-refractivity contribution is -0.137. The summed E-state index contributed by atoms with van der Waals surface area (Å²) in [5, 5.41) is 0. The second-order valence-electron chi connectivity index (χ2n) is 3.13. The summed E-state index contributed by atoms with van der Waals surface area (Å²) in [6.07, 6.45) is 7.35. The molecule has 80 valence electrons. The minimum atomic E-state index is -0.222. The minimum Gasteiger partial charge on any atom is -0.463 e. The van der Waals surface area contributed by atoms with Gasteiger partial charge in [-0.15, -0.1) is 6.58 Å². The second-order valence-corrected chi connectivity index (χ2v) is 3.13. The standard InChI is InChI=1S/C12H20O2/c1-4-7-9-11(8-5-2)10-12(13)14-6-3/h4,10H,1,5-9H2,2-3H3/b11-10+. The smallest absolute Gasteiger partial charge is 0.330 e. The Kier molecular flexibility index (Phi) is 7.90. The van der Waals surface area contributed by atoms with Crippen molar-refractivity contribution in [2.75, 3.05) is 6.61 Å². The van der Waals surface area contributed by atoms with E-state index >= 15 is 0 Å². The number of rotatable bonds is 7. The molecular weight excluding hydrogens is 176 g/mol. The van der Waals surface area contributed by atoms with E-state index in [1.807, 2.05) is 13.0 Å². The Labute approximate surface area is 86.6 Å². The maximum Gasteiger partial charge on any atom is 0.330 e. The van der Waals surface area contributed by atoms with Crippen LogP contribution in [-0.2, 0) is 9.53 Å². The highest BCUT2D eigenvalue weighted by Gasteiger charge is 2.00. The van der Waals surface area contributed by atoms with Gasteiger partial charge in [-0.25, -0.2) is 4.79 Å². The molecule has 2 nitrogen and oxygen atoms in total. The summed E-state index contributed by atoms with van der Waals surface area (Å²) >= 11 is 0. The number of hydrogen-bond acceptors (Lipinski definition) is 2. The highest BCUT2D eigenvalue weighted by Crippen LogP contribution is 2.12. The Morgan fingerprint density at radius 3 is 2.57 bits per heavy atom. The van der Waals surface area contributed by atoms with E-state index < -0.39 is 0 Å². The van der Waals surface area contributed by atoms with Gasteiger partial charge in [0.2, 0.25) is 0 Å². The van der Waals surface area contributed by atoms with Crippen LogP contribution >= 0.6 is 0 Å². The van der Waals surface area contributed by atoms with Crippen molar-refractivity contribution >= 4 is 5.97 Å². The number of allylic oxidation sites excluding steroid dienone is 2. The minimum absolute atomic E-state index is 0.222. The molecule has 0 saturated carbocycles. The summed E-state index contributed by atoms with van der Waals surface area (Å²) in [4.78, 5) is 11.2. The predicted molar refractivity (Wildman–Crippen MR) is 59.1 cm³/mol. The third-order valence-electron chi connectivity index (χ3n) is 1.85. The van der Waals surface area contributed by atoms with Crippen LogP contribution in [0.1, 0.15) is 39.5 Å². The van der Waals surface area contributed by atoms with E-state index in [0.717, 1.165) is 31.3 Å². The van der Waals surface area contributed by atoms with Crippen LogP contribution in [0.4, 0.5) is 0 Å². The lowest BCUT2D eigenvalue weighted by Crippen LogP contribution is -2.01. The number of ether oxygens (including phenoxy) is 1. The number of carbonyl (C=O) groups excluding carboxylic acids is 1. The molecular formula is C12H20O2. The van der Waals surface area contributed by atoms with Gasteiger partial charge in [-0.3, -0.25) is 0 Å². The van der Waals surface area contributed by atoms with Gasteiger partial charge in [0.15, 0.2) is 0 Å². The van der Waals surface area contributed by atoms with Gasteiger partial charge in [-0.1, -0.05) is 25.0 Å². The Morgan fingerprint density at radius 1 is 1.36 bits per heavy atom. The molecule has 0 spiro atoms. The first-order valence-electron chi connectivity index (χ1n) is 5.21. The molecule has 0 aliphatic heterocycles. The van der Waals surface area contributed by atoms with Crippen LogP contribution in [0, 0.1) is 0 Å². The summed E-state index contributed by atoms with van der Waals surface area (Å²) in [6, 6.07) is 0. The summed E-state index contributed by atoms with van der Waals surface area (Å²) in [5.41, 5.74) is 1.16. The number of carbonyl (C=O) groups is 1. The van der Waals surface area contributed by atoms with E-state index in [1.54, 1.807) is 6.08 Å². The second kappa shape index (κ2) is 8.54. The molecule has 0 bridgehead atoms. The zero-order chi connectivity index (χ0) is 10.8. The van der Waals surface area contributed by atoms with Crippen molar-refractivity contribution in [3.63, 3.8) is 0 Å². The predicted octanol–water partition coefficient (Wildman–Crippen LogP) is 3.24. The zero-order valence-corrected chi connectivity index (χ0v) is 9.21. The molecule has 0 aliphatic carbocycles. The normalized spacial score (nSPS) is 11.1. The quantitative estimate of drug-likeness (QED) is 0.355. The average molecular weight is 196 g/mol. The first-order valence-corrected chi connectivity index (χ1v) is 5.21. The van der Waals surface area contributed by atoms with Crippen LogP contribution in [0.15, 0.2) is 24.3 Å². The van der Waals surface area contributed by atoms with Crippen LogP contribution in [0.25, 0.3) is 0 Å². The molecule has 0 rings (SSSR count). The van der Waals surface area contributed by atoms with Crippen LogP contribution < -0.4 is 0 Å². The van der Waals surface area contributed by atoms with Crippen molar-refractivity contribution in [3.8, 4) is 0 Å². The first kappa shape index (κ1) is 12.9. The molecule has 2 heteroatoms. The van der Waals surface area contributed by atoms with Gasteiger partial charge in [-0.2, -0.15) is 0 Å². The molecule has 0 radical (unpaired) electrons. The fraction of sp³-hybridized carbons (Fsp3) is 0.583. The van der Waals surface area contributed by atoms with Crippen molar-refractivity contribution in [1.29, 1.82) is 0 Å². The lowest BCUT2D eigenvalue weighted by atomic mass is 10.1. The Balaban J connectivity index is 4.14. The van der Waals surface area contributed by atoms with E-state index in [9.17, 15) is 4.79 Å². The Bertz CT molecular complexity index is 204. The molecule has 0 aromatic carbocycles. The third kappa shape index (κ3) is 6.46. The number of esters is 1. The fourth-order valence-electron chi connectivity index (χ4n) is 1.23. The van der Waals surface area contributed by atoms with E-state index in [2.05, 4.69) is 13.5 Å². The molecule has 0 atom stereocenters. The monoisotopic (exact) mass is 196 g/mol. The number of hydrogen-bond donors (Lipinski definition) is 0. The highest BCUT2D eigenvalue weighted by molar-refractivity contribution is 5.82. The van der Waals surface area contributed by atoms with Crippen molar-refractivity contribution in [1.82, 2.24) is 0 Å². The summed E-state index contributed by atoms with van der Waals surface area (Å²) in [6.45, 7) is 8.02. The van der Waals surface area contributed by atoms with Gasteiger partial charge in [0.05, 0.1) is 6.61 Å². The topological polar surface area (TPSA) is 26.3 Å². The van der Waals surface area contributed by atoms with Gasteiger partial charge in [0, 0.05) is 6.08 Å². The molecule has 14 heavy (non-hydrogen) atoms. The Morgan fingerprint density at radius 2 is 2.07 bits per heavy atom. The molecule has 0 amide bonds. The maximum absolute atomic E-state index is 11.2. The molecule has 0 aliphatic rings. The zero-order valence-electron chi connectivity index (χ0n) is 9.21. The Hall–Kier alpha value is -1.05. The molecule has 0 aromatic heterocycles. The molecule has 0 aromatic rings. The molecule has 0 saturated heterocycles. The van der Waals surface area contributed by atoms with Gasteiger partial charge in [0.1, 0.15) is 0 Å². The first-order chi connectivity index (χ1) is 6.74. The lowest BCUT2D eigenvalue weighted by Gasteiger charge is -2.04. The highest BCUT2D eigenvalue weighted by atomic mass is 16.5. The molecule has 0 heterocycles. The van der Waals surface area contributed by atoms with Crippen molar-refractivity contribution in [2.45, 2.75) is 39.5 Å². The van der Waals surface area contributed by atoms with Crippen LogP contribution in [0.2, 0.25) is 0 Å².